The molecule has 0 aliphatic carbocycles. The molecule has 1 saturated heterocycles. The van der Waals surface area contributed by atoms with Crippen molar-refractivity contribution in [1.82, 2.24) is 5.32 Å². The van der Waals surface area contributed by atoms with Gasteiger partial charge in [-0.25, -0.2) is 8.42 Å². The summed E-state index contributed by atoms with van der Waals surface area (Å²) in [4.78, 5) is 0. The predicted molar refractivity (Wildman–Crippen MR) is 52.6 cm³/mol. The van der Waals surface area contributed by atoms with E-state index in [0.717, 1.165) is 6.54 Å². The van der Waals surface area contributed by atoms with Gasteiger partial charge in [0.25, 0.3) is 0 Å². The lowest BCUT2D eigenvalue weighted by atomic mass is 10.4. The number of nitrogens with one attached hydrogen (secondary N) is 1. The van der Waals surface area contributed by atoms with Gasteiger partial charge in [0.2, 0.25) is 0 Å². The summed E-state index contributed by atoms with van der Waals surface area (Å²) in [6, 6.07) is 3.40. The first-order valence-corrected chi connectivity index (χ1v) is 6.35. The molecule has 1 N–H and O–H groups in total. The van der Waals surface area contributed by atoms with Crippen molar-refractivity contribution in [2.75, 3.05) is 13.1 Å². The van der Waals surface area contributed by atoms with E-state index in [1.165, 1.54) is 6.26 Å². The van der Waals surface area contributed by atoms with Gasteiger partial charge in [0, 0.05) is 6.54 Å². The van der Waals surface area contributed by atoms with Gasteiger partial charge in [0.15, 0.2) is 9.84 Å². The van der Waals surface area contributed by atoms with Crippen LogP contribution >= 0.6 is 0 Å². The second kappa shape index (κ2) is 3.74. The van der Waals surface area contributed by atoms with Crippen molar-refractivity contribution in [3.8, 4) is 0 Å². The quantitative estimate of drug-likeness (QED) is 0.800. The molecule has 0 aromatic carbocycles. The summed E-state index contributed by atoms with van der Waals surface area (Å²) in [5, 5.41) is 2.81. The Morgan fingerprint density at radius 2 is 2.43 bits per heavy atom. The van der Waals surface area contributed by atoms with E-state index < -0.39 is 9.84 Å². The van der Waals surface area contributed by atoms with Crippen LogP contribution in [0.4, 0.5) is 0 Å². The van der Waals surface area contributed by atoms with E-state index in [9.17, 15) is 8.42 Å². The molecule has 0 bridgehead atoms. The van der Waals surface area contributed by atoms with Gasteiger partial charge < -0.3 is 9.73 Å². The van der Waals surface area contributed by atoms with Crippen LogP contribution < -0.4 is 5.32 Å². The van der Waals surface area contributed by atoms with E-state index in [4.69, 9.17) is 4.42 Å². The second-order valence-electron chi connectivity index (χ2n) is 3.50. The van der Waals surface area contributed by atoms with Crippen LogP contribution in [0.25, 0.3) is 0 Å². The molecule has 14 heavy (non-hydrogen) atoms. The van der Waals surface area contributed by atoms with Crippen molar-refractivity contribution in [3.05, 3.63) is 24.2 Å². The first kappa shape index (κ1) is 9.73. The SMILES string of the molecule is O=S(=O)(Cc1ccco1)[C@@H]1CCNC1. The molecule has 5 heteroatoms. The third-order valence-electron chi connectivity index (χ3n) is 2.45. The molecule has 0 unspecified atom stereocenters. The molecule has 0 radical (unpaired) electrons. The summed E-state index contributed by atoms with van der Waals surface area (Å²) in [6.07, 6.45) is 2.21. The Labute approximate surface area is 83.2 Å². The van der Waals surface area contributed by atoms with Gasteiger partial charge in [-0.15, -0.1) is 0 Å². The molecular formula is C9H13NO3S. The Morgan fingerprint density at radius 3 is 3.00 bits per heavy atom. The molecule has 4 nitrogen and oxygen atoms in total. The van der Waals surface area contributed by atoms with Crippen molar-refractivity contribution in [1.29, 1.82) is 0 Å². The van der Waals surface area contributed by atoms with Gasteiger partial charge in [0.1, 0.15) is 11.5 Å². The lowest BCUT2D eigenvalue weighted by Gasteiger charge is -2.08. The maximum absolute atomic E-state index is 11.8. The molecule has 1 atom stereocenters. The molecule has 1 fully saturated rings. The van der Waals surface area contributed by atoms with Crippen molar-refractivity contribution < 1.29 is 12.8 Å². The molecular weight excluding hydrogens is 202 g/mol. The third kappa shape index (κ3) is 1.99. The minimum Gasteiger partial charge on any atom is -0.468 e. The maximum atomic E-state index is 11.8. The average Bonchev–Trinajstić information content (AvgIpc) is 2.71. The van der Waals surface area contributed by atoms with Gasteiger partial charge >= 0.3 is 0 Å². The van der Waals surface area contributed by atoms with Gasteiger partial charge in [0.05, 0.1) is 11.5 Å². The Bertz CT molecular complexity index is 376. The summed E-state index contributed by atoms with van der Waals surface area (Å²) >= 11 is 0. The lowest BCUT2D eigenvalue weighted by molar-refractivity contribution is 0.518. The van der Waals surface area contributed by atoms with Crippen LogP contribution in [-0.2, 0) is 15.6 Å². The molecule has 0 saturated carbocycles. The zero-order valence-corrected chi connectivity index (χ0v) is 8.59. The van der Waals surface area contributed by atoms with Crippen LogP contribution in [0.3, 0.4) is 0 Å². The highest BCUT2D eigenvalue weighted by Crippen LogP contribution is 2.16. The summed E-state index contributed by atoms with van der Waals surface area (Å²) in [5.74, 6) is 0.545. The monoisotopic (exact) mass is 215 g/mol. The van der Waals surface area contributed by atoms with Gasteiger partial charge in [-0.1, -0.05) is 0 Å². The maximum Gasteiger partial charge on any atom is 0.161 e. The molecule has 1 aromatic heterocycles. The fourth-order valence-electron chi connectivity index (χ4n) is 1.65. The first-order valence-electron chi connectivity index (χ1n) is 4.63. The summed E-state index contributed by atoms with van der Waals surface area (Å²) in [7, 11) is -3.04. The second-order valence-corrected chi connectivity index (χ2v) is 5.78. The van der Waals surface area contributed by atoms with E-state index in [1.807, 2.05) is 0 Å². The minimum absolute atomic E-state index is 0.0202. The molecule has 1 aliphatic rings. The number of sulfone groups is 1. The van der Waals surface area contributed by atoms with Crippen LogP contribution in [0, 0.1) is 0 Å². The molecule has 78 valence electrons. The highest BCUT2D eigenvalue weighted by atomic mass is 32.2. The standard InChI is InChI=1S/C9H13NO3S/c11-14(12,9-3-4-10-6-9)7-8-2-1-5-13-8/h1-2,5,9-10H,3-4,6-7H2/t9-/m1/s1. The number of hydrogen-bond donors (Lipinski definition) is 1. The highest BCUT2D eigenvalue weighted by Gasteiger charge is 2.29. The Hall–Kier alpha value is -0.810. The molecule has 2 heterocycles. The predicted octanol–water partition coefficient (Wildman–Crippen LogP) is 0.556. The molecule has 0 spiro atoms. The number of hydrogen-bond acceptors (Lipinski definition) is 4. The molecule has 2 rings (SSSR count). The largest absolute Gasteiger partial charge is 0.468 e. The van der Waals surface area contributed by atoms with Crippen molar-refractivity contribution in [2.24, 2.45) is 0 Å². The average molecular weight is 215 g/mol. The smallest absolute Gasteiger partial charge is 0.161 e. The molecule has 0 amide bonds. The van der Waals surface area contributed by atoms with Crippen LogP contribution in [0.2, 0.25) is 0 Å². The highest BCUT2D eigenvalue weighted by molar-refractivity contribution is 7.91. The van der Waals surface area contributed by atoms with E-state index in [1.54, 1.807) is 12.1 Å². The normalized spacial score (nSPS) is 22.7. The summed E-state index contributed by atoms with van der Waals surface area (Å²) in [6.45, 7) is 1.37. The number of furan rings is 1. The lowest BCUT2D eigenvalue weighted by Crippen LogP contribution is -2.25. The van der Waals surface area contributed by atoms with Gasteiger partial charge in [-0.05, 0) is 25.1 Å². The molecule has 1 aliphatic heterocycles. The van der Waals surface area contributed by atoms with Gasteiger partial charge in [-0.3, -0.25) is 0 Å². The van der Waals surface area contributed by atoms with Gasteiger partial charge in [-0.2, -0.15) is 0 Å². The van der Waals surface area contributed by atoms with Crippen molar-refractivity contribution >= 4 is 9.84 Å². The Morgan fingerprint density at radius 1 is 1.57 bits per heavy atom. The van der Waals surface area contributed by atoms with E-state index in [-0.39, 0.29) is 11.0 Å². The van der Waals surface area contributed by atoms with E-state index in [0.29, 0.717) is 18.7 Å². The van der Waals surface area contributed by atoms with Crippen molar-refractivity contribution in [3.63, 3.8) is 0 Å². The van der Waals surface area contributed by atoms with E-state index in [2.05, 4.69) is 5.32 Å². The number of rotatable bonds is 3. The first-order chi connectivity index (χ1) is 6.68. The Kier molecular flexibility index (Phi) is 2.60. The third-order valence-corrected chi connectivity index (χ3v) is 4.55. The van der Waals surface area contributed by atoms with Crippen LogP contribution in [-0.4, -0.2) is 26.8 Å². The summed E-state index contributed by atoms with van der Waals surface area (Å²) in [5.41, 5.74) is 0. The fraction of sp³-hybridized carbons (Fsp3) is 0.556. The zero-order chi connectivity index (χ0) is 10.0. The Balaban J connectivity index is 2.09. The fourth-order valence-corrected chi connectivity index (χ4v) is 3.29. The summed E-state index contributed by atoms with van der Waals surface area (Å²) < 4.78 is 28.6. The van der Waals surface area contributed by atoms with Crippen molar-refractivity contribution in [2.45, 2.75) is 17.4 Å². The zero-order valence-electron chi connectivity index (χ0n) is 7.77. The van der Waals surface area contributed by atoms with Crippen LogP contribution in [0.5, 0.6) is 0 Å². The minimum atomic E-state index is -3.04. The topological polar surface area (TPSA) is 59.3 Å². The molecule has 1 aromatic rings. The van der Waals surface area contributed by atoms with Crippen LogP contribution in [0.1, 0.15) is 12.2 Å². The van der Waals surface area contributed by atoms with Crippen LogP contribution in [0.15, 0.2) is 22.8 Å². The van der Waals surface area contributed by atoms with E-state index >= 15 is 0 Å².